The van der Waals surface area contributed by atoms with Crippen molar-refractivity contribution in [3.63, 3.8) is 0 Å². The second kappa shape index (κ2) is 7.67. The van der Waals surface area contributed by atoms with E-state index in [9.17, 15) is 17.4 Å². The van der Waals surface area contributed by atoms with E-state index in [2.05, 4.69) is 4.72 Å². The van der Waals surface area contributed by atoms with E-state index in [4.69, 9.17) is 5.11 Å². The number of benzene rings is 1. The maximum Gasteiger partial charge on any atom is 0.303 e. The van der Waals surface area contributed by atoms with Gasteiger partial charge >= 0.3 is 5.97 Å². The van der Waals surface area contributed by atoms with E-state index in [1.807, 2.05) is 0 Å². The highest BCUT2D eigenvalue weighted by Gasteiger charge is 2.17. The summed E-state index contributed by atoms with van der Waals surface area (Å²) in [5.41, 5.74) is 0.763. The molecule has 0 spiro atoms. The molecule has 1 rings (SSSR count). The molecule has 6 nitrogen and oxygen atoms in total. The molecule has 0 aliphatic rings. The van der Waals surface area contributed by atoms with Crippen molar-refractivity contribution in [1.29, 1.82) is 0 Å². The predicted octanol–water partition coefficient (Wildman–Crippen LogP) is 0.749. The number of rotatable bonds is 8. The zero-order valence-electron chi connectivity index (χ0n) is 11.9. The van der Waals surface area contributed by atoms with Crippen LogP contribution >= 0.6 is 0 Å². The van der Waals surface area contributed by atoms with Gasteiger partial charge < -0.3 is 5.11 Å². The average molecular weight is 333 g/mol. The summed E-state index contributed by atoms with van der Waals surface area (Å²) in [6.45, 7) is 1.65. The molecule has 0 fully saturated rings. The summed E-state index contributed by atoms with van der Waals surface area (Å²) in [7, 11) is -4.73. The summed E-state index contributed by atoms with van der Waals surface area (Å²) in [5.74, 6) is -0.648. The van der Waals surface area contributed by atoms with E-state index < -0.39 is 32.8 Å². The van der Waals surface area contributed by atoms with Crippen LogP contribution in [0.5, 0.6) is 0 Å². The van der Waals surface area contributed by atoms with Crippen molar-refractivity contribution >= 4 is 26.8 Å². The van der Waals surface area contributed by atoms with Crippen LogP contribution < -0.4 is 4.72 Å². The third-order valence-corrected chi connectivity index (χ3v) is 5.28. The van der Waals surface area contributed by atoms with Gasteiger partial charge in [0.05, 0.1) is 4.90 Å². The fourth-order valence-electron chi connectivity index (χ4n) is 1.81. The Morgan fingerprint density at radius 1 is 1.33 bits per heavy atom. The highest BCUT2D eigenvalue weighted by atomic mass is 32.2. The molecule has 21 heavy (non-hydrogen) atoms. The molecule has 2 atom stereocenters. The zero-order chi connectivity index (χ0) is 16.0. The van der Waals surface area contributed by atoms with Gasteiger partial charge in [-0.25, -0.2) is 13.1 Å². The minimum absolute atomic E-state index is 0.00367. The standard InChI is InChI=1S/C13H19NO5S2/c1-10(9-20(2)17)14-21(18,19)12-6-3-11(4-7-12)5-8-13(15)16/h3-4,6-7,10,14H,5,8-9H2,1-2H3,(H,15,16). The molecule has 0 aromatic heterocycles. The number of hydrogen-bond acceptors (Lipinski definition) is 4. The SMILES string of the molecule is CC(CS(C)=O)NS(=O)(=O)c1ccc(CCC(=O)O)cc1. The molecule has 1 aromatic rings. The molecule has 0 radical (unpaired) electrons. The van der Waals surface area contributed by atoms with Crippen molar-refractivity contribution in [2.24, 2.45) is 0 Å². The lowest BCUT2D eigenvalue weighted by molar-refractivity contribution is -0.136. The van der Waals surface area contributed by atoms with Gasteiger partial charge in [-0.2, -0.15) is 0 Å². The van der Waals surface area contributed by atoms with E-state index in [1.54, 1.807) is 19.1 Å². The molecule has 1 aromatic carbocycles. The fraction of sp³-hybridized carbons (Fsp3) is 0.462. The molecule has 8 heteroatoms. The van der Waals surface area contributed by atoms with Crippen LogP contribution in [0.1, 0.15) is 18.9 Å². The third kappa shape index (κ3) is 6.36. The molecule has 118 valence electrons. The van der Waals surface area contributed by atoms with Crippen LogP contribution in [-0.4, -0.2) is 41.8 Å². The van der Waals surface area contributed by atoms with Crippen LogP contribution in [0.3, 0.4) is 0 Å². The Bertz CT molecular complexity index is 610. The highest BCUT2D eigenvalue weighted by Crippen LogP contribution is 2.12. The van der Waals surface area contributed by atoms with Crippen molar-refractivity contribution < 1.29 is 22.5 Å². The highest BCUT2D eigenvalue weighted by molar-refractivity contribution is 7.89. The Balaban J connectivity index is 2.75. The third-order valence-electron chi connectivity index (χ3n) is 2.70. The molecule has 2 N–H and O–H groups in total. The summed E-state index contributed by atoms with van der Waals surface area (Å²) >= 11 is 0. The average Bonchev–Trinajstić information content (AvgIpc) is 2.35. The first-order valence-electron chi connectivity index (χ1n) is 6.34. The Labute approximate surface area is 127 Å². The van der Waals surface area contributed by atoms with Gasteiger partial charge in [0.2, 0.25) is 10.0 Å². The van der Waals surface area contributed by atoms with Crippen molar-refractivity contribution in [2.75, 3.05) is 12.0 Å². The topological polar surface area (TPSA) is 101 Å². The molecular weight excluding hydrogens is 314 g/mol. The lowest BCUT2D eigenvalue weighted by Gasteiger charge is -2.13. The van der Waals surface area contributed by atoms with Crippen molar-refractivity contribution in [1.82, 2.24) is 4.72 Å². The van der Waals surface area contributed by atoms with E-state index in [0.717, 1.165) is 5.56 Å². The van der Waals surface area contributed by atoms with Gasteiger partial charge in [0, 0.05) is 35.3 Å². The van der Waals surface area contributed by atoms with Gasteiger partial charge in [0.15, 0.2) is 0 Å². The van der Waals surface area contributed by atoms with Crippen LogP contribution in [0.15, 0.2) is 29.2 Å². The van der Waals surface area contributed by atoms with E-state index >= 15 is 0 Å². The van der Waals surface area contributed by atoms with Crippen LogP contribution in [0, 0.1) is 0 Å². The lowest BCUT2D eigenvalue weighted by atomic mass is 10.1. The van der Waals surface area contributed by atoms with Crippen LogP contribution in [0.25, 0.3) is 0 Å². The first-order chi connectivity index (χ1) is 9.70. The monoisotopic (exact) mass is 333 g/mol. The number of carboxylic acid groups (broad SMARTS) is 1. The summed E-state index contributed by atoms with van der Waals surface area (Å²) < 4.78 is 37.7. The molecule has 0 saturated carbocycles. The van der Waals surface area contributed by atoms with Gasteiger partial charge in [-0.1, -0.05) is 12.1 Å². The lowest BCUT2D eigenvalue weighted by Crippen LogP contribution is -2.36. The second-order valence-corrected chi connectivity index (χ2v) is 7.99. The number of nitrogens with one attached hydrogen (secondary N) is 1. The quantitative estimate of drug-likeness (QED) is 0.731. The van der Waals surface area contributed by atoms with E-state index in [0.29, 0.717) is 6.42 Å². The van der Waals surface area contributed by atoms with Crippen molar-refractivity contribution in [3.05, 3.63) is 29.8 Å². The minimum atomic E-state index is -3.65. The van der Waals surface area contributed by atoms with Crippen LogP contribution in [0.4, 0.5) is 0 Å². The van der Waals surface area contributed by atoms with Crippen molar-refractivity contribution in [3.8, 4) is 0 Å². The Kier molecular flexibility index (Phi) is 6.50. The largest absolute Gasteiger partial charge is 0.481 e. The summed E-state index contributed by atoms with van der Waals surface area (Å²) in [6.07, 6.45) is 1.88. The first-order valence-corrected chi connectivity index (χ1v) is 9.55. The molecule has 0 amide bonds. The maximum atomic E-state index is 12.1. The number of carbonyl (C=O) groups is 1. The molecular formula is C13H19NO5S2. The first kappa shape index (κ1) is 17.8. The van der Waals surface area contributed by atoms with Gasteiger partial charge in [-0.15, -0.1) is 0 Å². The molecule has 0 bridgehead atoms. The number of aliphatic carboxylic acids is 1. The van der Waals surface area contributed by atoms with E-state index in [1.165, 1.54) is 18.4 Å². The summed E-state index contributed by atoms with van der Waals surface area (Å²) in [4.78, 5) is 10.6. The van der Waals surface area contributed by atoms with Crippen LogP contribution in [-0.2, 0) is 32.0 Å². The maximum absolute atomic E-state index is 12.1. The van der Waals surface area contributed by atoms with Crippen LogP contribution in [0.2, 0.25) is 0 Å². The van der Waals surface area contributed by atoms with E-state index in [-0.39, 0.29) is 17.1 Å². The minimum Gasteiger partial charge on any atom is -0.481 e. The molecule has 0 saturated heterocycles. The number of sulfonamides is 1. The van der Waals surface area contributed by atoms with Gasteiger partial charge in [-0.3, -0.25) is 9.00 Å². The summed E-state index contributed by atoms with van der Waals surface area (Å²) in [6, 6.07) is 5.65. The summed E-state index contributed by atoms with van der Waals surface area (Å²) in [5, 5.41) is 8.60. The number of carboxylic acids is 1. The Hall–Kier alpha value is -1.25. The molecule has 0 aliphatic carbocycles. The number of aryl methyl sites for hydroxylation is 1. The normalized spacial score (nSPS) is 14.6. The van der Waals surface area contributed by atoms with Gasteiger partial charge in [0.25, 0.3) is 0 Å². The Morgan fingerprint density at radius 2 is 1.90 bits per heavy atom. The molecule has 0 aliphatic heterocycles. The smallest absolute Gasteiger partial charge is 0.303 e. The predicted molar refractivity (Wildman–Crippen MR) is 81.1 cm³/mol. The van der Waals surface area contributed by atoms with Crippen molar-refractivity contribution in [2.45, 2.75) is 30.7 Å². The second-order valence-electron chi connectivity index (χ2n) is 4.80. The van der Waals surface area contributed by atoms with Gasteiger partial charge in [0.1, 0.15) is 0 Å². The Morgan fingerprint density at radius 3 is 2.38 bits per heavy atom. The van der Waals surface area contributed by atoms with Gasteiger partial charge in [-0.05, 0) is 31.0 Å². The molecule has 2 unspecified atom stereocenters. The molecule has 0 heterocycles. The number of hydrogen-bond donors (Lipinski definition) is 2. The zero-order valence-corrected chi connectivity index (χ0v) is 13.5. The fourth-order valence-corrected chi connectivity index (χ4v) is 3.94.